The van der Waals surface area contributed by atoms with Gasteiger partial charge in [0.25, 0.3) is 5.69 Å². The molecular formula is C15H18BrNO3. The number of alkyl halides is 1. The fourth-order valence-corrected chi connectivity index (χ4v) is 4.61. The predicted molar refractivity (Wildman–Crippen MR) is 80.4 cm³/mol. The molecule has 2 aliphatic carbocycles. The number of nitrogens with zero attached hydrogens (tertiary/aromatic N) is 1. The number of hydrogen-bond donors (Lipinski definition) is 0. The zero-order valence-corrected chi connectivity index (χ0v) is 12.8. The molecule has 2 unspecified atom stereocenters. The summed E-state index contributed by atoms with van der Waals surface area (Å²) in [5.74, 6) is 0.741. The van der Waals surface area contributed by atoms with Crippen LogP contribution in [-0.2, 0) is 0 Å². The molecule has 1 aromatic carbocycles. The zero-order chi connectivity index (χ0) is 14.2. The van der Waals surface area contributed by atoms with Crippen LogP contribution in [0, 0.1) is 15.5 Å². The molecule has 0 aliphatic heterocycles. The molecule has 1 spiro atoms. The summed E-state index contributed by atoms with van der Waals surface area (Å²) in [6.45, 7) is 0. The van der Waals surface area contributed by atoms with Gasteiger partial charge >= 0.3 is 0 Å². The van der Waals surface area contributed by atoms with Crippen LogP contribution in [-0.4, -0.2) is 15.9 Å². The van der Waals surface area contributed by atoms with E-state index >= 15 is 0 Å². The highest BCUT2D eigenvalue weighted by Gasteiger charge is 2.55. The van der Waals surface area contributed by atoms with E-state index in [1.807, 2.05) is 0 Å². The number of rotatable bonds is 3. The van der Waals surface area contributed by atoms with Crippen molar-refractivity contribution in [3.05, 3.63) is 34.4 Å². The van der Waals surface area contributed by atoms with E-state index in [0.717, 1.165) is 12.2 Å². The van der Waals surface area contributed by atoms with Crippen LogP contribution >= 0.6 is 15.9 Å². The summed E-state index contributed by atoms with van der Waals surface area (Å²) in [5, 5.41) is 10.6. The molecule has 5 heteroatoms. The first-order valence-electron chi connectivity index (χ1n) is 7.17. The number of ether oxygens (including phenoxy) is 1. The van der Waals surface area contributed by atoms with Gasteiger partial charge < -0.3 is 4.74 Å². The maximum absolute atomic E-state index is 10.6. The number of nitro benzene ring substituents is 1. The van der Waals surface area contributed by atoms with E-state index in [2.05, 4.69) is 15.9 Å². The monoisotopic (exact) mass is 339 g/mol. The van der Waals surface area contributed by atoms with Crippen molar-refractivity contribution in [2.75, 3.05) is 0 Å². The number of benzene rings is 1. The fraction of sp³-hybridized carbons (Fsp3) is 0.600. The third kappa shape index (κ3) is 2.32. The van der Waals surface area contributed by atoms with Crippen LogP contribution < -0.4 is 4.74 Å². The highest BCUT2D eigenvalue weighted by molar-refractivity contribution is 9.09. The Morgan fingerprint density at radius 1 is 1.20 bits per heavy atom. The van der Waals surface area contributed by atoms with Gasteiger partial charge in [0, 0.05) is 22.4 Å². The van der Waals surface area contributed by atoms with Gasteiger partial charge in [0.1, 0.15) is 11.9 Å². The van der Waals surface area contributed by atoms with Crippen molar-refractivity contribution in [3.63, 3.8) is 0 Å². The molecule has 1 aromatic rings. The van der Waals surface area contributed by atoms with Crippen LogP contribution in [0.15, 0.2) is 24.3 Å². The van der Waals surface area contributed by atoms with Crippen LogP contribution in [0.2, 0.25) is 0 Å². The summed E-state index contributed by atoms with van der Waals surface area (Å²) in [4.78, 5) is 10.8. The Labute approximate surface area is 126 Å². The van der Waals surface area contributed by atoms with E-state index in [1.54, 1.807) is 12.1 Å². The molecule has 2 fully saturated rings. The first-order chi connectivity index (χ1) is 9.62. The van der Waals surface area contributed by atoms with E-state index < -0.39 is 0 Å². The Hall–Kier alpha value is -1.10. The third-order valence-corrected chi connectivity index (χ3v) is 6.08. The van der Waals surface area contributed by atoms with Crippen molar-refractivity contribution in [1.29, 1.82) is 0 Å². The van der Waals surface area contributed by atoms with Gasteiger partial charge in [0.05, 0.1) is 4.92 Å². The van der Waals surface area contributed by atoms with Gasteiger partial charge in [0.2, 0.25) is 0 Å². The summed E-state index contributed by atoms with van der Waals surface area (Å²) in [5.41, 5.74) is 0.386. The minimum absolute atomic E-state index is 0.108. The minimum Gasteiger partial charge on any atom is -0.490 e. The Balaban J connectivity index is 1.70. The van der Waals surface area contributed by atoms with Gasteiger partial charge in [-0.25, -0.2) is 0 Å². The predicted octanol–water partition coefficient (Wildman–Crippen LogP) is 4.46. The first-order valence-corrected chi connectivity index (χ1v) is 8.08. The molecule has 108 valence electrons. The number of hydrogen-bond acceptors (Lipinski definition) is 3. The largest absolute Gasteiger partial charge is 0.490 e. The average molecular weight is 340 g/mol. The smallest absolute Gasteiger partial charge is 0.269 e. The summed E-state index contributed by atoms with van der Waals surface area (Å²) in [6.07, 6.45) is 7.60. The van der Waals surface area contributed by atoms with E-state index in [0.29, 0.717) is 4.83 Å². The molecule has 20 heavy (non-hydrogen) atoms. The topological polar surface area (TPSA) is 52.4 Å². The number of nitro groups is 1. The quantitative estimate of drug-likeness (QED) is 0.464. The van der Waals surface area contributed by atoms with Crippen molar-refractivity contribution < 1.29 is 9.66 Å². The van der Waals surface area contributed by atoms with Gasteiger partial charge in [-0.05, 0) is 31.4 Å². The average Bonchev–Trinajstić information content (AvgIpc) is 2.48. The van der Waals surface area contributed by atoms with E-state index in [-0.39, 0.29) is 22.1 Å². The van der Waals surface area contributed by atoms with Crippen LogP contribution in [0.5, 0.6) is 5.75 Å². The SMILES string of the molecule is O=[N+]([O-])c1ccc(OC2CC(Br)C23CCCCC3)cc1. The Bertz CT molecular complexity index is 496. The fourth-order valence-electron chi connectivity index (χ4n) is 3.52. The zero-order valence-electron chi connectivity index (χ0n) is 11.3. The van der Waals surface area contributed by atoms with Gasteiger partial charge in [0.15, 0.2) is 0 Å². The molecule has 2 atom stereocenters. The first kappa shape index (κ1) is 13.9. The third-order valence-electron chi connectivity index (χ3n) is 4.80. The molecule has 0 aromatic heterocycles. The lowest BCUT2D eigenvalue weighted by atomic mass is 9.58. The normalized spacial score (nSPS) is 27.9. The van der Waals surface area contributed by atoms with Gasteiger partial charge in [-0.15, -0.1) is 0 Å². The number of non-ortho nitro benzene ring substituents is 1. The van der Waals surface area contributed by atoms with E-state index in [9.17, 15) is 10.1 Å². The van der Waals surface area contributed by atoms with Crippen LogP contribution in [0.3, 0.4) is 0 Å². The molecule has 0 radical (unpaired) electrons. The lowest BCUT2D eigenvalue weighted by Crippen LogP contribution is -2.57. The molecule has 3 rings (SSSR count). The lowest BCUT2D eigenvalue weighted by Gasteiger charge is -2.55. The van der Waals surface area contributed by atoms with Crippen LogP contribution in [0.1, 0.15) is 38.5 Å². The minimum atomic E-state index is -0.385. The van der Waals surface area contributed by atoms with Crippen LogP contribution in [0.25, 0.3) is 0 Å². The van der Waals surface area contributed by atoms with Gasteiger partial charge in [-0.1, -0.05) is 35.2 Å². The van der Waals surface area contributed by atoms with Crippen molar-refractivity contribution in [3.8, 4) is 5.75 Å². The second kappa shape index (κ2) is 5.35. The van der Waals surface area contributed by atoms with Crippen molar-refractivity contribution >= 4 is 21.6 Å². The van der Waals surface area contributed by atoms with E-state index in [4.69, 9.17) is 4.74 Å². The molecular weight excluding hydrogens is 322 g/mol. The highest BCUT2D eigenvalue weighted by Crippen LogP contribution is 2.56. The molecule has 2 saturated carbocycles. The summed E-state index contributed by atoms with van der Waals surface area (Å²) in [7, 11) is 0. The molecule has 4 nitrogen and oxygen atoms in total. The molecule has 0 amide bonds. The lowest BCUT2D eigenvalue weighted by molar-refractivity contribution is -0.384. The Morgan fingerprint density at radius 2 is 1.85 bits per heavy atom. The van der Waals surface area contributed by atoms with E-state index in [1.165, 1.54) is 44.2 Å². The summed E-state index contributed by atoms with van der Waals surface area (Å²) in [6, 6.07) is 6.42. The molecule has 2 aliphatic rings. The number of halogens is 1. The Kier molecular flexibility index (Phi) is 3.71. The van der Waals surface area contributed by atoms with Crippen molar-refractivity contribution in [2.24, 2.45) is 5.41 Å². The molecule has 0 saturated heterocycles. The van der Waals surface area contributed by atoms with Crippen molar-refractivity contribution in [2.45, 2.75) is 49.5 Å². The summed E-state index contributed by atoms with van der Waals surface area (Å²) >= 11 is 3.79. The Morgan fingerprint density at radius 3 is 2.40 bits per heavy atom. The second-order valence-electron chi connectivity index (χ2n) is 5.85. The molecule has 0 heterocycles. The highest BCUT2D eigenvalue weighted by atomic mass is 79.9. The maximum atomic E-state index is 10.6. The van der Waals surface area contributed by atoms with Crippen molar-refractivity contribution in [1.82, 2.24) is 0 Å². The maximum Gasteiger partial charge on any atom is 0.269 e. The van der Waals surface area contributed by atoms with Gasteiger partial charge in [-0.3, -0.25) is 10.1 Å². The van der Waals surface area contributed by atoms with Crippen LogP contribution in [0.4, 0.5) is 5.69 Å². The van der Waals surface area contributed by atoms with Gasteiger partial charge in [-0.2, -0.15) is 0 Å². The summed E-state index contributed by atoms with van der Waals surface area (Å²) < 4.78 is 6.10. The molecule has 0 bridgehead atoms. The molecule has 0 N–H and O–H groups in total. The standard InChI is InChI=1S/C15H18BrNO3/c16-13-10-14(15(13)8-2-1-3-9-15)20-12-6-4-11(5-7-12)17(18)19/h4-7,13-14H,1-3,8-10H2. The second-order valence-corrected chi connectivity index (χ2v) is 6.96.